The third-order valence-corrected chi connectivity index (χ3v) is 4.58. The summed E-state index contributed by atoms with van der Waals surface area (Å²) in [5, 5.41) is 9.49. The zero-order chi connectivity index (χ0) is 16.3. The Bertz CT molecular complexity index is 674. The van der Waals surface area contributed by atoms with Gasteiger partial charge in [-0.1, -0.05) is 30.3 Å². The van der Waals surface area contributed by atoms with Gasteiger partial charge in [0, 0.05) is 26.2 Å². The van der Waals surface area contributed by atoms with Crippen LogP contribution in [0.5, 0.6) is 0 Å². The fourth-order valence-corrected chi connectivity index (χ4v) is 3.18. The van der Waals surface area contributed by atoms with Crippen LogP contribution in [0.3, 0.4) is 0 Å². The van der Waals surface area contributed by atoms with Gasteiger partial charge in [0.2, 0.25) is 11.8 Å². The predicted molar refractivity (Wildman–Crippen MR) is 86.8 cm³/mol. The van der Waals surface area contributed by atoms with Crippen molar-refractivity contribution >= 4 is 17.5 Å². The normalized spacial score (nSPS) is 16.8. The second kappa shape index (κ2) is 6.24. The first-order chi connectivity index (χ1) is 11.1. The highest BCUT2D eigenvalue weighted by atomic mass is 16.2. The fourth-order valence-electron chi connectivity index (χ4n) is 3.18. The molecule has 0 unspecified atom stereocenters. The SMILES string of the molecule is CC(=O)N1CCC(C(=O)Nc2cn[nH]c2)(c2ccccc2)CC1. The van der Waals surface area contributed by atoms with E-state index in [0.717, 1.165) is 5.56 Å². The Kier molecular flexibility index (Phi) is 4.14. The quantitative estimate of drug-likeness (QED) is 0.909. The molecule has 0 bridgehead atoms. The molecule has 1 saturated heterocycles. The second-order valence-electron chi connectivity index (χ2n) is 5.90. The van der Waals surface area contributed by atoms with Gasteiger partial charge in [-0.3, -0.25) is 14.7 Å². The van der Waals surface area contributed by atoms with Crippen molar-refractivity contribution in [1.29, 1.82) is 0 Å². The van der Waals surface area contributed by atoms with Gasteiger partial charge >= 0.3 is 0 Å². The highest BCUT2D eigenvalue weighted by Crippen LogP contribution is 2.36. The van der Waals surface area contributed by atoms with Gasteiger partial charge in [0.05, 0.1) is 17.3 Å². The Morgan fingerprint density at radius 2 is 1.91 bits per heavy atom. The number of aromatic nitrogens is 2. The lowest BCUT2D eigenvalue weighted by molar-refractivity contribution is -0.133. The van der Waals surface area contributed by atoms with Crippen LogP contribution in [0.2, 0.25) is 0 Å². The summed E-state index contributed by atoms with van der Waals surface area (Å²) in [7, 11) is 0. The van der Waals surface area contributed by atoms with E-state index in [1.807, 2.05) is 30.3 Å². The van der Waals surface area contributed by atoms with Crippen LogP contribution in [-0.4, -0.2) is 40.0 Å². The topological polar surface area (TPSA) is 78.1 Å². The lowest BCUT2D eigenvalue weighted by Crippen LogP contribution is -2.50. The Balaban J connectivity index is 1.88. The lowest BCUT2D eigenvalue weighted by atomic mass is 9.72. The molecule has 3 rings (SSSR count). The molecule has 2 amide bonds. The van der Waals surface area contributed by atoms with Gasteiger partial charge in [0.15, 0.2) is 0 Å². The van der Waals surface area contributed by atoms with Crippen molar-refractivity contribution in [2.24, 2.45) is 0 Å². The van der Waals surface area contributed by atoms with Gasteiger partial charge in [0.1, 0.15) is 0 Å². The van der Waals surface area contributed by atoms with E-state index in [1.54, 1.807) is 24.2 Å². The first-order valence-corrected chi connectivity index (χ1v) is 7.73. The highest BCUT2D eigenvalue weighted by molar-refractivity contribution is 5.99. The van der Waals surface area contributed by atoms with Crippen LogP contribution >= 0.6 is 0 Å². The average molecular weight is 312 g/mol. The summed E-state index contributed by atoms with van der Waals surface area (Å²) in [5.41, 5.74) is 1.02. The summed E-state index contributed by atoms with van der Waals surface area (Å²) in [5.74, 6) is 0.00945. The fraction of sp³-hybridized carbons (Fsp3) is 0.353. The maximum Gasteiger partial charge on any atom is 0.235 e. The molecule has 1 aromatic heterocycles. The van der Waals surface area contributed by atoms with Gasteiger partial charge in [-0.2, -0.15) is 5.10 Å². The minimum absolute atomic E-state index is 0.0479. The molecule has 1 aromatic carbocycles. The molecule has 1 fully saturated rings. The lowest BCUT2D eigenvalue weighted by Gasteiger charge is -2.40. The number of nitrogens with zero attached hydrogens (tertiary/aromatic N) is 2. The van der Waals surface area contributed by atoms with E-state index in [0.29, 0.717) is 31.6 Å². The van der Waals surface area contributed by atoms with E-state index in [-0.39, 0.29) is 11.8 Å². The molecule has 0 spiro atoms. The summed E-state index contributed by atoms with van der Waals surface area (Å²) in [4.78, 5) is 26.4. The number of benzene rings is 1. The number of hydrogen-bond donors (Lipinski definition) is 2. The zero-order valence-electron chi connectivity index (χ0n) is 13.1. The van der Waals surface area contributed by atoms with Gasteiger partial charge in [-0.25, -0.2) is 0 Å². The summed E-state index contributed by atoms with van der Waals surface area (Å²) >= 11 is 0. The van der Waals surface area contributed by atoms with Crippen LogP contribution < -0.4 is 5.32 Å². The minimum Gasteiger partial charge on any atom is -0.343 e. The van der Waals surface area contributed by atoms with Crippen LogP contribution in [0.1, 0.15) is 25.3 Å². The number of likely N-dealkylation sites (tertiary alicyclic amines) is 1. The van der Waals surface area contributed by atoms with Gasteiger partial charge in [0.25, 0.3) is 0 Å². The van der Waals surface area contributed by atoms with E-state index < -0.39 is 5.41 Å². The largest absolute Gasteiger partial charge is 0.343 e. The molecule has 0 aliphatic carbocycles. The van der Waals surface area contributed by atoms with E-state index in [2.05, 4.69) is 15.5 Å². The highest BCUT2D eigenvalue weighted by Gasteiger charge is 2.43. The third-order valence-electron chi connectivity index (χ3n) is 4.58. The van der Waals surface area contributed by atoms with Crippen LogP contribution in [-0.2, 0) is 15.0 Å². The monoisotopic (exact) mass is 312 g/mol. The van der Waals surface area contributed by atoms with Gasteiger partial charge in [-0.15, -0.1) is 0 Å². The van der Waals surface area contributed by atoms with Crippen LogP contribution in [0.4, 0.5) is 5.69 Å². The Hall–Kier alpha value is -2.63. The molecule has 6 nitrogen and oxygen atoms in total. The summed E-state index contributed by atoms with van der Waals surface area (Å²) in [6, 6.07) is 9.80. The van der Waals surface area contributed by atoms with Crippen LogP contribution in [0.15, 0.2) is 42.7 Å². The molecule has 2 heterocycles. The van der Waals surface area contributed by atoms with Crippen molar-refractivity contribution in [3.8, 4) is 0 Å². The smallest absolute Gasteiger partial charge is 0.235 e. The van der Waals surface area contributed by atoms with Gasteiger partial charge < -0.3 is 10.2 Å². The van der Waals surface area contributed by atoms with Crippen molar-refractivity contribution in [3.05, 3.63) is 48.3 Å². The summed E-state index contributed by atoms with van der Waals surface area (Å²) in [6.45, 7) is 2.74. The first kappa shape index (κ1) is 15.3. The average Bonchev–Trinajstić information content (AvgIpc) is 3.08. The number of anilines is 1. The summed E-state index contributed by atoms with van der Waals surface area (Å²) in [6.07, 6.45) is 4.46. The molecule has 0 atom stereocenters. The van der Waals surface area contributed by atoms with Crippen molar-refractivity contribution < 1.29 is 9.59 Å². The molecule has 2 aromatic rings. The van der Waals surface area contributed by atoms with E-state index in [9.17, 15) is 9.59 Å². The minimum atomic E-state index is -0.621. The summed E-state index contributed by atoms with van der Waals surface area (Å²) < 4.78 is 0. The van der Waals surface area contributed by atoms with Crippen LogP contribution in [0.25, 0.3) is 0 Å². The number of piperidine rings is 1. The van der Waals surface area contributed by atoms with Gasteiger partial charge in [-0.05, 0) is 18.4 Å². The maximum absolute atomic E-state index is 13.0. The molecule has 0 radical (unpaired) electrons. The number of rotatable bonds is 3. The molecular formula is C17H20N4O2. The van der Waals surface area contributed by atoms with Crippen molar-refractivity contribution in [3.63, 3.8) is 0 Å². The Morgan fingerprint density at radius 3 is 2.48 bits per heavy atom. The first-order valence-electron chi connectivity index (χ1n) is 7.73. The van der Waals surface area contributed by atoms with E-state index in [4.69, 9.17) is 0 Å². The number of hydrogen-bond acceptors (Lipinski definition) is 3. The molecule has 0 saturated carbocycles. The number of carbonyl (C=O) groups is 2. The number of nitrogens with one attached hydrogen (secondary N) is 2. The third kappa shape index (κ3) is 2.97. The Morgan fingerprint density at radius 1 is 1.22 bits per heavy atom. The van der Waals surface area contributed by atoms with E-state index in [1.165, 1.54) is 0 Å². The van der Waals surface area contributed by atoms with Crippen molar-refractivity contribution in [2.75, 3.05) is 18.4 Å². The molecule has 6 heteroatoms. The van der Waals surface area contributed by atoms with Crippen molar-refractivity contribution in [1.82, 2.24) is 15.1 Å². The van der Waals surface area contributed by atoms with Crippen molar-refractivity contribution in [2.45, 2.75) is 25.2 Å². The second-order valence-corrected chi connectivity index (χ2v) is 5.90. The molecule has 1 aliphatic rings. The number of amides is 2. The predicted octanol–water partition coefficient (Wildman–Crippen LogP) is 1.93. The molecule has 23 heavy (non-hydrogen) atoms. The number of carbonyl (C=O) groups excluding carboxylic acids is 2. The standard InChI is InChI=1S/C17H20N4O2/c1-13(22)21-9-7-17(8-10-21,14-5-3-2-4-6-14)16(23)20-15-11-18-19-12-15/h2-6,11-12H,7-10H2,1H3,(H,18,19)(H,20,23). The molecule has 1 aliphatic heterocycles. The molecule has 2 N–H and O–H groups in total. The van der Waals surface area contributed by atoms with E-state index >= 15 is 0 Å². The number of H-pyrrole nitrogens is 1. The molecular weight excluding hydrogens is 292 g/mol. The zero-order valence-corrected chi connectivity index (χ0v) is 13.1. The molecule has 120 valence electrons. The maximum atomic E-state index is 13.0. The van der Waals surface area contributed by atoms with Crippen LogP contribution in [0, 0.1) is 0 Å². The Labute approximate surface area is 134 Å². The number of aromatic amines is 1.